The fourth-order valence-electron chi connectivity index (χ4n) is 2.41. The van der Waals surface area contributed by atoms with E-state index < -0.39 is 25.9 Å². The maximum absolute atomic E-state index is 12.9. The van der Waals surface area contributed by atoms with E-state index in [4.69, 9.17) is 4.74 Å². The summed E-state index contributed by atoms with van der Waals surface area (Å²) in [5, 5.41) is 0. The molecule has 1 saturated heterocycles. The van der Waals surface area contributed by atoms with Crippen LogP contribution < -0.4 is 4.72 Å². The number of ether oxygens (including phenoxy) is 1. The van der Waals surface area contributed by atoms with Gasteiger partial charge < -0.3 is 4.74 Å². The van der Waals surface area contributed by atoms with Crippen molar-refractivity contribution in [3.05, 3.63) is 30.1 Å². The Bertz CT molecular complexity index is 744. The maximum atomic E-state index is 12.9. The normalized spacial score (nSPS) is 19.0. The first kappa shape index (κ1) is 19.3. The van der Waals surface area contributed by atoms with Gasteiger partial charge in [-0.15, -0.1) is 0 Å². The van der Waals surface area contributed by atoms with Gasteiger partial charge in [0.25, 0.3) is 0 Å². The average molecular weight is 380 g/mol. The van der Waals surface area contributed by atoms with Crippen LogP contribution in [0.4, 0.5) is 4.39 Å². The molecule has 1 aliphatic heterocycles. The Morgan fingerprint density at radius 2 is 1.92 bits per heavy atom. The second-order valence-corrected chi connectivity index (χ2v) is 9.36. The maximum Gasteiger partial charge on any atom is 0.240 e. The Hall–Kier alpha value is -1.07. The van der Waals surface area contributed by atoms with Crippen LogP contribution in [0.3, 0.4) is 0 Å². The van der Waals surface area contributed by atoms with Crippen molar-refractivity contribution in [2.45, 2.75) is 23.8 Å². The third-order valence-electron chi connectivity index (χ3n) is 3.68. The first-order valence-electron chi connectivity index (χ1n) is 7.50. The molecule has 0 amide bonds. The first-order valence-corrected chi connectivity index (χ1v) is 10.8. The SMILES string of the molecule is CS(=O)(=O)N(CCNS(=O)(=O)c1ccc(F)cc1)CC1CCCO1. The van der Waals surface area contributed by atoms with E-state index in [1.807, 2.05) is 0 Å². The van der Waals surface area contributed by atoms with Gasteiger partial charge >= 0.3 is 0 Å². The quantitative estimate of drug-likeness (QED) is 0.711. The van der Waals surface area contributed by atoms with Gasteiger partial charge in [-0.05, 0) is 37.1 Å². The zero-order valence-corrected chi connectivity index (χ0v) is 14.9. The summed E-state index contributed by atoms with van der Waals surface area (Å²) in [6.45, 7) is 0.731. The lowest BCUT2D eigenvalue weighted by molar-refractivity contribution is 0.0943. The number of nitrogens with zero attached hydrogens (tertiary/aromatic N) is 1. The number of halogens is 1. The molecule has 0 radical (unpaired) electrons. The van der Waals surface area contributed by atoms with Crippen molar-refractivity contribution in [1.82, 2.24) is 9.03 Å². The molecule has 10 heteroatoms. The highest BCUT2D eigenvalue weighted by Gasteiger charge is 2.25. The molecule has 0 spiro atoms. The summed E-state index contributed by atoms with van der Waals surface area (Å²) < 4.78 is 69.7. The minimum Gasteiger partial charge on any atom is -0.377 e. The van der Waals surface area contributed by atoms with E-state index in [-0.39, 0.29) is 30.6 Å². The molecule has 1 aliphatic rings. The minimum atomic E-state index is -3.81. The van der Waals surface area contributed by atoms with Crippen LogP contribution in [0.5, 0.6) is 0 Å². The van der Waals surface area contributed by atoms with Gasteiger partial charge in [0.1, 0.15) is 5.82 Å². The van der Waals surface area contributed by atoms with E-state index in [0.717, 1.165) is 43.4 Å². The molecule has 0 aromatic heterocycles. The monoisotopic (exact) mass is 380 g/mol. The van der Waals surface area contributed by atoms with Gasteiger partial charge in [-0.2, -0.15) is 4.31 Å². The van der Waals surface area contributed by atoms with Crippen LogP contribution in [-0.4, -0.2) is 59.7 Å². The molecule has 7 nitrogen and oxygen atoms in total. The summed E-state index contributed by atoms with van der Waals surface area (Å²) in [6.07, 6.45) is 2.59. The van der Waals surface area contributed by atoms with E-state index in [1.165, 1.54) is 4.31 Å². The predicted octanol–water partition coefficient (Wildman–Crippen LogP) is 0.545. The van der Waals surface area contributed by atoms with Crippen molar-refractivity contribution in [3.8, 4) is 0 Å². The van der Waals surface area contributed by atoms with Crippen molar-refractivity contribution in [2.24, 2.45) is 0 Å². The van der Waals surface area contributed by atoms with Crippen molar-refractivity contribution >= 4 is 20.0 Å². The second kappa shape index (κ2) is 7.87. The number of nitrogens with one attached hydrogen (secondary N) is 1. The Labute approximate surface area is 141 Å². The summed E-state index contributed by atoms with van der Waals surface area (Å²) in [7, 11) is -7.29. The highest BCUT2D eigenvalue weighted by Crippen LogP contribution is 2.15. The van der Waals surface area contributed by atoms with E-state index in [9.17, 15) is 21.2 Å². The Morgan fingerprint density at radius 3 is 2.46 bits per heavy atom. The molecular weight excluding hydrogens is 359 g/mol. The molecule has 0 bridgehead atoms. The molecule has 2 rings (SSSR count). The van der Waals surface area contributed by atoms with Crippen LogP contribution in [0, 0.1) is 5.82 Å². The molecule has 1 fully saturated rings. The van der Waals surface area contributed by atoms with E-state index in [1.54, 1.807) is 0 Å². The van der Waals surface area contributed by atoms with E-state index in [0.29, 0.717) is 6.61 Å². The fraction of sp³-hybridized carbons (Fsp3) is 0.571. The summed E-state index contributed by atoms with van der Waals surface area (Å²) in [5.41, 5.74) is 0. The summed E-state index contributed by atoms with van der Waals surface area (Å²) in [4.78, 5) is -0.0751. The summed E-state index contributed by atoms with van der Waals surface area (Å²) in [6, 6.07) is 4.40. The molecule has 1 atom stereocenters. The summed E-state index contributed by atoms with van der Waals surface area (Å²) >= 11 is 0. The third-order valence-corrected chi connectivity index (χ3v) is 6.42. The number of sulfonamides is 2. The molecule has 1 heterocycles. The number of rotatable bonds is 8. The van der Waals surface area contributed by atoms with Crippen LogP contribution in [0.1, 0.15) is 12.8 Å². The van der Waals surface area contributed by atoms with Gasteiger partial charge in [-0.1, -0.05) is 0 Å². The van der Waals surface area contributed by atoms with Gasteiger partial charge in [-0.25, -0.2) is 25.9 Å². The molecule has 1 aromatic carbocycles. The largest absolute Gasteiger partial charge is 0.377 e. The standard InChI is InChI=1S/C14H21FN2O5S2/c1-23(18,19)17(11-13-3-2-10-22-13)9-8-16-24(20,21)14-6-4-12(15)5-7-14/h4-7,13,16H,2-3,8-11H2,1H3. The number of hydrogen-bond acceptors (Lipinski definition) is 5. The lowest BCUT2D eigenvalue weighted by atomic mass is 10.2. The first-order chi connectivity index (χ1) is 11.2. The average Bonchev–Trinajstić information content (AvgIpc) is 2.98. The molecule has 0 saturated carbocycles. The Kier molecular flexibility index (Phi) is 6.32. The van der Waals surface area contributed by atoms with E-state index in [2.05, 4.69) is 4.72 Å². The van der Waals surface area contributed by atoms with Crippen molar-refractivity contribution in [1.29, 1.82) is 0 Å². The highest BCUT2D eigenvalue weighted by atomic mass is 32.2. The topological polar surface area (TPSA) is 92.8 Å². The van der Waals surface area contributed by atoms with Gasteiger partial charge in [0.05, 0.1) is 17.3 Å². The molecule has 136 valence electrons. The van der Waals surface area contributed by atoms with Gasteiger partial charge in [-0.3, -0.25) is 0 Å². The van der Waals surface area contributed by atoms with Gasteiger partial charge in [0.15, 0.2) is 0 Å². The van der Waals surface area contributed by atoms with Crippen LogP contribution in [0.25, 0.3) is 0 Å². The minimum absolute atomic E-state index is 0.000875. The second-order valence-electron chi connectivity index (χ2n) is 5.61. The molecular formula is C14H21FN2O5S2. The lowest BCUT2D eigenvalue weighted by Crippen LogP contribution is -2.41. The molecule has 24 heavy (non-hydrogen) atoms. The Balaban J connectivity index is 1.95. The van der Waals surface area contributed by atoms with Crippen LogP contribution in [-0.2, 0) is 24.8 Å². The smallest absolute Gasteiger partial charge is 0.240 e. The highest BCUT2D eigenvalue weighted by molar-refractivity contribution is 7.89. The lowest BCUT2D eigenvalue weighted by Gasteiger charge is -2.23. The zero-order valence-electron chi connectivity index (χ0n) is 13.3. The van der Waals surface area contributed by atoms with Crippen molar-refractivity contribution in [2.75, 3.05) is 32.5 Å². The van der Waals surface area contributed by atoms with E-state index >= 15 is 0 Å². The van der Waals surface area contributed by atoms with Crippen molar-refractivity contribution < 1.29 is 26.0 Å². The number of benzene rings is 1. The zero-order chi connectivity index (χ0) is 17.8. The molecule has 0 aliphatic carbocycles. The predicted molar refractivity (Wildman–Crippen MR) is 87.0 cm³/mol. The van der Waals surface area contributed by atoms with Gasteiger partial charge in [0.2, 0.25) is 20.0 Å². The van der Waals surface area contributed by atoms with Crippen LogP contribution in [0.2, 0.25) is 0 Å². The van der Waals surface area contributed by atoms with Crippen molar-refractivity contribution in [3.63, 3.8) is 0 Å². The number of hydrogen-bond donors (Lipinski definition) is 1. The molecule has 1 unspecified atom stereocenters. The van der Waals surface area contributed by atoms with Crippen LogP contribution >= 0.6 is 0 Å². The van der Waals surface area contributed by atoms with Gasteiger partial charge in [0, 0.05) is 26.2 Å². The molecule has 1 aromatic rings. The van der Waals surface area contributed by atoms with Crippen LogP contribution in [0.15, 0.2) is 29.2 Å². The fourth-order valence-corrected chi connectivity index (χ4v) is 4.29. The third kappa shape index (κ3) is 5.49. The Morgan fingerprint density at radius 1 is 1.25 bits per heavy atom. The summed E-state index contributed by atoms with van der Waals surface area (Å²) in [5.74, 6) is -0.534. The molecule has 1 N–H and O–H groups in total.